The van der Waals surface area contributed by atoms with E-state index >= 15 is 0 Å². The molecule has 39 heavy (non-hydrogen) atoms. The van der Waals surface area contributed by atoms with Gasteiger partial charge in [-0.3, -0.25) is 19.8 Å². The number of aromatic nitrogens is 2. The Hall–Kier alpha value is -3.63. The summed E-state index contributed by atoms with van der Waals surface area (Å²) in [6.07, 6.45) is 7.57. The van der Waals surface area contributed by atoms with Crippen molar-refractivity contribution in [3.05, 3.63) is 81.8 Å². The van der Waals surface area contributed by atoms with Crippen molar-refractivity contribution in [3.63, 3.8) is 0 Å². The Bertz CT molecular complexity index is 1260. The number of aliphatic hydroxyl groups excluding tert-OH is 1. The predicted octanol–water partition coefficient (Wildman–Crippen LogP) is 5.44. The van der Waals surface area contributed by atoms with E-state index in [0.29, 0.717) is 29.4 Å². The van der Waals surface area contributed by atoms with Crippen LogP contribution >= 0.6 is 11.6 Å². The van der Waals surface area contributed by atoms with E-state index in [0.717, 1.165) is 17.4 Å². The average Bonchev–Trinajstić information content (AvgIpc) is 2.92. The summed E-state index contributed by atoms with van der Waals surface area (Å²) in [5, 5.41) is 9.08. The number of hydrogen-bond donors (Lipinski definition) is 2. The van der Waals surface area contributed by atoms with Crippen LogP contribution in [0.5, 0.6) is 0 Å². The van der Waals surface area contributed by atoms with Crippen LogP contribution in [0.2, 0.25) is 0 Å². The number of halogens is 3. The number of aldehydes is 1. The van der Waals surface area contributed by atoms with Crippen LogP contribution in [0.15, 0.2) is 58.2 Å². The molecular formula is C28H36ClF2N5O3. The summed E-state index contributed by atoms with van der Waals surface area (Å²) in [5.74, 6) is -1.71. The number of aryl methyl sites for hydroxylation is 1. The monoisotopic (exact) mass is 563 g/mol. The van der Waals surface area contributed by atoms with Crippen molar-refractivity contribution in [2.24, 2.45) is 10.7 Å². The van der Waals surface area contributed by atoms with Crippen LogP contribution in [0.3, 0.4) is 0 Å². The number of hydrogen-bond acceptors (Lipinski definition) is 8. The van der Waals surface area contributed by atoms with Gasteiger partial charge in [0.2, 0.25) is 0 Å². The fraction of sp³-hybridized carbons (Fsp3) is 0.357. The molecule has 0 aliphatic rings. The van der Waals surface area contributed by atoms with Crippen molar-refractivity contribution in [1.29, 1.82) is 0 Å². The second kappa shape index (κ2) is 15.7. The molecule has 0 radical (unpaired) electrons. The van der Waals surface area contributed by atoms with Crippen molar-refractivity contribution in [2.75, 3.05) is 18.6 Å². The molecule has 0 spiro atoms. The standard InChI is InChI=1S/C26H30ClF2N5O3.C2H6/c1-16-11-31-22(21(30)6-7-33-26(3,4)15-36)10-24(16)34(5)17(2)8-25(19(27)13-35)37-14-23-20(29)9-18(28)12-32-23;1-2/h6-13,36H,14-15,30H2,1-5H3;1-2H3/b17-8-,21-6-,25-19-,33-7?;. The van der Waals surface area contributed by atoms with Gasteiger partial charge in [-0.1, -0.05) is 25.4 Å². The fourth-order valence-corrected chi connectivity index (χ4v) is 3.00. The number of nitrogens with two attached hydrogens (primary N) is 1. The minimum Gasteiger partial charge on any atom is -0.485 e. The number of rotatable bonds is 11. The number of allylic oxidation sites excluding steroid dienone is 4. The van der Waals surface area contributed by atoms with Gasteiger partial charge in [0.15, 0.2) is 12.1 Å². The highest BCUT2D eigenvalue weighted by molar-refractivity contribution is 6.39. The number of pyridine rings is 2. The van der Waals surface area contributed by atoms with Crippen LogP contribution < -0.4 is 10.6 Å². The summed E-state index contributed by atoms with van der Waals surface area (Å²) < 4.78 is 32.6. The number of carbonyl (C=O) groups excluding carboxylic acids is 1. The Morgan fingerprint density at radius 1 is 1.26 bits per heavy atom. The van der Waals surface area contributed by atoms with Crippen LogP contribution in [0.25, 0.3) is 5.70 Å². The molecule has 3 N–H and O–H groups in total. The van der Waals surface area contributed by atoms with Gasteiger partial charge in [-0.2, -0.15) is 0 Å². The molecule has 2 aromatic rings. The maximum atomic E-state index is 13.9. The molecule has 0 aliphatic carbocycles. The molecule has 2 aromatic heterocycles. The third-order valence-corrected chi connectivity index (χ3v) is 5.53. The third kappa shape index (κ3) is 10.2. The van der Waals surface area contributed by atoms with Gasteiger partial charge in [0.1, 0.15) is 28.9 Å². The summed E-state index contributed by atoms with van der Waals surface area (Å²) in [6, 6.07) is 2.47. The molecule has 212 valence electrons. The van der Waals surface area contributed by atoms with Gasteiger partial charge in [0.05, 0.1) is 29.7 Å². The Labute approximate surface area is 233 Å². The van der Waals surface area contributed by atoms with Gasteiger partial charge < -0.3 is 20.5 Å². The number of anilines is 1. The zero-order valence-electron chi connectivity index (χ0n) is 23.3. The second-order valence-electron chi connectivity index (χ2n) is 8.77. The number of carbonyl (C=O) groups is 1. The van der Waals surface area contributed by atoms with Gasteiger partial charge >= 0.3 is 0 Å². The minimum absolute atomic E-state index is 0.0133. The Morgan fingerprint density at radius 3 is 2.51 bits per heavy atom. The van der Waals surface area contributed by atoms with Crippen LogP contribution in [-0.4, -0.2) is 46.8 Å². The summed E-state index contributed by atoms with van der Waals surface area (Å²) >= 11 is 6.03. The zero-order chi connectivity index (χ0) is 29.8. The van der Waals surface area contributed by atoms with Crippen LogP contribution in [0, 0.1) is 18.6 Å². The highest BCUT2D eigenvalue weighted by Gasteiger charge is 2.14. The maximum absolute atomic E-state index is 13.9. The molecule has 0 atom stereocenters. The molecule has 8 nitrogen and oxygen atoms in total. The van der Waals surface area contributed by atoms with Gasteiger partial charge in [0.25, 0.3) is 0 Å². The summed E-state index contributed by atoms with van der Waals surface area (Å²) in [6.45, 7) is 10.7. The normalized spacial score (nSPS) is 13.0. The van der Waals surface area contributed by atoms with E-state index < -0.39 is 17.2 Å². The molecule has 2 heterocycles. The number of nitrogens with zero attached hydrogens (tertiary/aromatic N) is 4. The third-order valence-electron chi connectivity index (χ3n) is 5.25. The quantitative estimate of drug-likeness (QED) is 0.123. The maximum Gasteiger partial charge on any atom is 0.165 e. The first-order valence-electron chi connectivity index (χ1n) is 12.2. The lowest BCUT2D eigenvalue weighted by Crippen LogP contribution is -2.21. The first-order chi connectivity index (χ1) is 18.4. The van der Waals surface area contributed by atoms with E-state index in [1.54, 1.807) is 46.2 Å². The largest absolute Gasteiger partial charge is 0.485 e. The van der Waals surface area contributed by atoms with E-state index in [9.17, 15) is 18.7 Å². The van der Waals surface area contributed by atoms with E-state index in [1.165, 1.54) is 12.3 Å². The van der Waals surface area contributed by atoms with Gasteiger partial charge in [-0.05, 0) is 45.4 Å². The first kappa shape index (κ1) is 33.4. The highest BCUT2D eigenvalue weighted by atomic mass is 35.5. The summed E-state index contributed by atoms with van der Waals surface area (Å²) in [4.78, 5) is 25.4. The number of aliphatic imine (C=N–C) groups is 1. The molecule has 0 saturated carbocycles. The molecule has 0 aliphatic heterocycles. The van der Waals surface area contributed by atoms with Gasteiger partial charge in [-0.15, -0.1) is 0 Å². The van der Waals surface area contributed by atoms with E-state index in [1.807, 2.05) is 25.7 Å². The fourth-order valence-electron chi connectivity index (χ4n) is 2.89. The van der Waals surface area contributed by atoms with Crippen molar-refractivity contribution in [1.82, 2.24) is 9.97 Å². The predicted molar refractivity (Wildman–Crippen MR) is 152 cm³/mol. The van der Waals surface area contributed by atoms with Crippen LogP contribution in [-0.2, 0) is 16.1 Å². The lowest BCUT2D eigenvalue weighted by molar-refractivity contribution is -0.104. The second-order valence-corrected chi connectivity index (χ2v) is 9.18. The Balaban J connectivity index is 0.00000371. The zero-order valence-corrected chi connectivity index (χ0v) is 24.1. The lowest BCUT2D eigenvalue weighted by Gasteiger charge is -2.23. The molecule has 2 rings (SSSR count). The van der Waals surface area contributed by atoms with Gasteiger partial charge in [0, 0.05) is 43.0 Å². The van der Waals surface area contributed by atoms with Crippen molar-refractivity contribution < 1.29 is 23.4 Å². The summed E-state index contributed by atoms with van der Waals surface area (Å²) in [5.41, 5.74) is 8.51. The van der Waals surface area contributed by atoms with E-state index in [2.05, 4.69) is 15.0 Å². The van der Waals surface area contributed by atoms with Gasteiger partial charge in [-0.25, -0.2) is 8.78 Å². The van der Waals surface area contributed by atoms with Crippen molar-refractivity contribution >= 4 is 35.5 Å². The molecule has 0 amide bonds. The minimum atomic E-state index is -0.880. The van der Waals surface area contributed by atoms with Crippen LogP contribution in [0.4, 0.5) is 14.5 Å². The topological polar surface area (TPSA) is 114 Å². The average molecular weight is 564 g/mol. The molecule has 11 heteroatoms. The van der Waals surface area contributed by atoms with Crippen molar-refractivity contribution in [2.45, 2.75) is 53.7 Å². The molecule has 0 aromatic carbocycles. The molecule has 0 saturated heterocycles. The SMILES string of the molecule is C/C(=C/C(OCc1ncc(F)cc1F)=C(/Cl)C=O)N(C)c1cc(/C(N)=C/C=NC(C)(C)CO)ncc1C.CC. The van der Waals surface area contributed by atoms with E-state index in [-0.39, 0.29) is 29.7 Å². The molecule has 0 fully saturated rings. The number of ether oxygens (including phenoxy) is 1. The van der Waals surface area contributed by atoms with Crippen LogP contribution in [0.1, 0.15) is 51.6 Å². The molecule has 0 bridgehead atoms. The highest BCUT2D eigenvalue weighted by Crippen LogP contribution is 2.26. The summed E-state index contributed by atoms with van der Waals surface area (Å²) in [7, 11) is 1.79. The van der Waals surface area contributed by atoms with Crippen molar-refractivity contribution in [3.8, 4) is 0 Å². The lowest BCUT2D eigenvalue weighted by atomic mass is 10.1. The smallest absolute Gasteiger partial charge is 0.165 e. The Morgan fingerprint density at radius 2 is 1.92 bits per heavy atom. The molecule has 0 unspecified atom stereocenters. The molecular weight excluding hydrogens is 528 g/mol. The van der Waals surface area contributed by atoms with E-state index in [4.69, 9.17) is 22.1 Å². The Kier molecular flexibility index (Phi) is 13.4. The number of aliphatic hydroxyl groups is 1. The first-order valence-corrected chi connectivity index (χ1v) is 12.5.